The van der Waals surface area contributed by atoms with Crippen molar-refractivity contribution in [1.29, 1.82) is 5.26 Å². The zero-order chi connectivity index (χ0) is 9.10. The molecule has 13 heavy (non-hydrogen) atoms. The van der Waals surface area contributed by atoms with Gasteiger partial charge in [0.25, 0.3) is 0 Å². The molecule has 1 saturated carbocycles. The fraction of sp³-hybridized carbons (Fsp3) is 0.400. The quantitative estimate of drug-likeness (QED) is 0.687. The van der Waals surface area contributed by atoms with Gasteiger partial charge in [-0.15, -0.1) is 0 Å². The molecular formula is C10H10N2O. The van der Waals surface area contributed by atoms with Gasteiger partial charge in [-0.1, -0.05) is 0 Å². The molecule has 0 radical (unpaired) electrons. The van der Waals surface area contributed by atoms with Crippen LogP contribution in [0.1, 0.15) is 24.8 Å². The standard InChI is InChI=1S/C10H10N2O/c11-5-8-4-10(7-12-6-8)13-9-2-1-3-9/h4,6-7,9H,1-3H2. The van der Waals surface area contributed by atoms with Crippen LogP contribution in [-0.4, -0.2) is 11.1 Å². The molecule has 0 aliphatic heterocycles. The average molecular weight is 174 g/mol. The molecule has 66 valence electrons. The zero-order valence-electron chi connectivity index (χ0n) is 7.23. The molecule has 1 aliphatic rings. The van der Waals surface area contributed by atoms with Gasteiger partial charge in [0.2, 0.25) is 0 Å². The topological polar surface area (TPSA) is 45.9 Å². The monoisotopic (exact) mass is 174 g/mol. The molecule has 1 aliphatic carbocycles. The van der Waals surface area contributed by atoms with Crippen molar-refractivity contribution >= 4 is 0 Å². The molecule has 1 aromatic rings. The van der Waals surface area contributed by atoms with Gasteiger partial charge in [-0.05, 0) is 19.3 Å². The lowest BCUT2D eigenvalue weighted by Gasteiger charge is -2.26. The first kappa shape index (κ1) is 8.06. The summed E-state index contributed by atoms with van der Waals surface area (Å²) in [4.78, 5) is 3.92. The predicted octanol–water partition coefficient (Wildman–Crippen LogP) is 1.88. The summed E-state index contributed by atoms with van der Waals surface area (Å²) in [5.74, 6) is 0.712. The second kappa shape index (κ2) is 3.44. The molecular weight excluding hydrogens is 164 g/mol. The number of rotatable bonds is 2. The van der Waals surface area contributed by atoms with Crippen molar-refractivity contribution in [1.82, 2.24) is 4.98 Å². The minimum atomic E-state index is 0.343. The second-order valence-electron chi connectivity index (χ2n) is 3.19. The SMILES string of the molecule is N#Cc1cncc(OC2CCC2)c1. The van der Waals surface area contributed by atoms with Gasteiger partial charge in [0.05, 0.1) is 17.9 Å². The maximum Gasteiger partial charge on any atom is 0.139 e. The Bertz CT molecular complexity index is 339. The number of ether oxygens (including phenoxy) is 1. The fourth-order valence-corrected chi connectivity index (χ4v) is 1.23. The van der Waals surface area contributed by atoms with E-state index in [1.54, 1.807) is 12.3 Å². The molecule has 0 N–H and O–H groups in total. The van der Waals surface area contributed by atoms with E-state index in [0.29, 0.717) is 17.4 Å². The van der Waals surface area contributed by atoms with Crippen LogP contribution in [0, 0.1) is 11.3 Å². The van der Waals surface area contributed by atoms with Crippen molar-refractivity contribution in [3.05, 3.63) is 24.0 Å². The van der Waals surface area contributed by atoms with E-state index >= 15 is 0 Å². The van der Waals surface area contributed by atoms with E-state index in [9.17, 15) is 0 Å². The van der Waals surface area contributed by atoms with Crippen molar-refractivity contribution in [3.8, 4) is 11.8 Å². The molecule has 0 atom stereocenters. The Labute approximate surface area is 77.0 Å². The van der Waals surface area contributed by atoms with E-state index in [0.717, 1.165) is 12.8 Å². The van der Waals surface area contributed by atoms with E-state index in [-0.39, 0.29) is 0 Å². The van der Waals surface area contributed by atoms with Crippen LogP contribution < -0.4 is 4.74 Å². The Morgan fingerprint density at radius 2 is 2.31 bits per heavy atom. The summed E-state index contributed by atoms with van der Waals surface area (Å²) in [5, 5.41) is 8.62. The van der Waals surface area contributed by atoms with Crippen molar-refractivity contribution in [2.24, 2.45) is 0 Å². The number of hydrogen-bond donors (Lipinski definition) is 0. The summed E-state index contributed by atoms with van der Waals surface area (Å²) in [5.41, 5.74) is 0.553. The first-order chi connectivity index (χ1) is 6.38. The highest BCUT2D eigenvalue weighted by Crippen LogP contribution is 2.24. The largest absolute Gasteiger partial charge is 0.489 e. The van der Waals surface area contributed by atoms with Crippen molar-refractivity contribution in [3.63, 3.8) is 0 Å². The Hall–Kier alpha value is -1.56. The third kappa shape index (κ3) is 1.78. The van der Waals surface area contributed by atoms with Gasteiger partial charge in [0.15, 0.2) is 0 Å². The molecule has 1 fully saturated rings. The highest BCUT2D eigenvalue weighted by atomic mass is 16.5. The number of aromatic nitrogens is 1. The molecule has 1 aromatic heterocycles. The number of nitriles is 1. The summed E-state index contributed by atoms with van der Waals surface area (Å²) in [6.07, 6.45) is 7.02. The molecule has 2 rings (SSSR count). The maximum absolute atomic E-state index is 8.62. The number of nitrogens with zero attached hydrogens (tertiary/aromatic N) is 2. The van der Waals surface area contributed by atoms with Crippen molar-refractivity contribution in [2.45, 2.75) is 25.4 Å². The highest BCUT2D eigenvalue weighted by molar-refractivity contribution is 5.32. The van der Waals surface area contributed by atoms with Crippen LogP contribution in [0.4, 0.5) is 0 Å². The third-order valence-electron chi connectivity index (χ3n) is 2.20. The minimum absolute atomic E-state index is 0.343. The second-order valence-corrected chi connectivity index (χ2v) is 3.19. The third-order valence-corrected chi connectivity index (χ3v) is 2.20. The van der Waals surface area contributed by atoms with Crippen LogP contribution in [0.15, 0.2) is 18.5 Å². The van der Waals surface area contributed by atoms with E-state index in [1.807, 2.05) is 6.07 Å². The Morgan fingerprint density at radius 3 is 2.92 bits per heavy atom. The summed E-state index contributed by atoms with van der Waals surface area (Å²) >= 11 is 0. The van der Waals surface area contributed by atoms with Crippen molar-refractivity contribution in [2.75, 3.05) is 0 Å². The summed E-state index contributed by atoms with van der Waals surface area (Å²) in [6.45, 7) is 0. The van der Waals surface area contributed by atoms with Gasteiger partial charge in [-0.25, -0.2) is 0 Å². The van der Waals surface area contributed by atoms with Gasteiger partial charge in [-0.2, -0.15) is 5.26 Å². The highest BCUT2D eigenvalue weighted by Gasteiger charge is 2.19. The first-order valence-electron chi connectivity index (χ1n) is 4.40. The van der Waals surface area contributed by atoms with E-state index < -0.39 is 0 Å². The van der Waals surface area contributed by atoms with Crippen LogP contribution in [0.5, 0.6) is 5.75 Å². The normalized spacial score (nSPS) is 15.9. The van der Waals surface area contributed by atoms with Crippen LogP contribution >= 0.6 is 0 Å². The van der Waals surface area contributed by atoms with Gasteiger partial charge >= 0.3 is 0 Å². The van der Waals surface area contributed by atoms with E-state index in [1.165, 1.54) is 12.6 Å². The molecule has 3 heteroatoms. The van der Waals surface area contributed by atoms with Gasteiger partial charge in [-0.3, -0.25) is 4.98 Å². The molecule has 0 saturated heterocycles. The predicted molar refractivity (Wildman–Crippen MR) is 47.2 cm³/mol. The Morgan fingerprint density at radius 1 is 1.46 bits per heavy atom. The lowest BCUT2D eigenvalue weighted by Crippen LogP contribution is -2.24. The van der Waals surface area contributed by atoms with Crippen LogP contribution in [-0.2, 0) is 0 Å². The van der Waals surface area contributed by atoms with Gasteiger partial charge in [0, 0.05) is 12.3 Å². The van der Waals surface area contributed by atoms with Crippen LogP contribution in [0.2, 0.25) is 0 Å². The lowest BCUT2D eigenvalue weighted by atomic mass is 9.96. The van der Waals surface area contributed by atoms with E-state index in [4.69, 9.17) is 10.00 Å². The summed E-state index contributed by atoms with van der Waals surface area (Å²) in [7, 11) is 0. The molecule has 1 heterocycles. The summed E-state index contributed by atoms with van der Waals surface area (Å²) in [6, 6.07) is 3.76. The molecule has 0 amide bonds. The molecule has 3 nitrogen and oxygen atoms in total. The van der Waals surface area contributed by atoms with Gasteiger partial charge in [0.1, 0.15) is 11.8 Å². The first-order valence-corrected chi connectivity index (χ1v) is 4.40. The minimum Gasteiger partial charge on any atom is -0.489 e. The van der Waals surface area contributed by atoms with Crippen LogP contribution in [0.25, 0.3) is 0 Å². The fourth-order valence-electron chi connectivity index (χ4n) is 1.23. The zero-order valence-corrected chi connectivity index (χ0v) is 7.23. The molecule has 0 aromatic carbocycles. The number of hydrogen-bond acceptors (Lipinski definition) is 3. The molecule has 0 bridgehead atoms. The van der Waals surface area contributed by atoms with Crippen LogP contribution in [0.3, 0.4) is 0 Å². The van der Waals surface area contributed by atoms with Crippen molar-refractivity contribution < 1.29 is 4.74 Å². The lowest BCUT2D eigenvalue weighted by molar-refractivity contribution is 0.120. The summed E-state index contributed by atoms with van der Waals surface area (Å²) < 4.78 is 5.58. The Kier molecular flexibility index (Phi) is 2.13. The average Bonchev–Trinajstić information content (AvgIpc) is 2.12. The maximum atomic E-state index is 8.62. The molecule has 0 unspecified atom stereocenters. The number of pyridine rings is 1. The smallest absolute Gasteiger partial charge is 0.139 e. The van der Waals surface area contributed by atoms with E-state index in [2.05, 4.69) is 4.98 Å². The molecule has 0 spiro atoms. The Balaban J connectivity index is 2.07. The van der Waals surface area contributed by atoms with Gasteiger partial charge < -0.3 is 4.74 Å².